The van der Waals surface area contributed by atoms with Crippen LogP contribution in [0.4, 0.5) is 35.1 Å². The number of benzene rings is 2. The predicted molar refractivity (Wildman–Crippen MR) is 63.2 cm³/mol. The minimum atomic E-state index is -1.90. The van der Waals surface area contributed by atoms with E-state index in [4.69, 9.17) is 5.11 Å². The molecule has 9 heteroatoms. The fourth-order valence-corrected chi connectivity index (χ4v) is 1.39. The van der Waals surface area contributed by atoms with E-state index in [1.54, 1.807) is 0 Å². The number of halogens is 8. The first-order chi connectivity index (χ1) is 10.6. The van der Waals surface area contributed by atoms with Crippen molar-refractivity contribution in [1.82, 2.24) is 0 Å². The molecule has 0 aliphatic heterocycles. The molecule has 0 aliphatic carbocycles. The van der Waals surface area contributed by atoms with Crippen molar-refractivity contribution >= 4 is 0 Å². The third kappa shape index (κ3) is 3.98. The van der Waals surface area contributed by atoms with Crippen molar-refractivity contribution < 1.29 is 40.2 Å². The van der Waals surface area contributed by atoms with Gasteiger partial charge in [-0.25, -0.2) is 35.1 Å². The van der Waals surface area contributed by atoms with Crippen molar-refractivity contribution in [2.75, 3.05) is 0 Å². The zero-order valence-corrected chi connectivity index (χ0v) is 11.3. The van der Waals surface area contributed by atoms with E-state index in [1.807, 2.05) is 0 Å². The van der Waals surface area contributed by atoms with Crippen molar-refractivity contribution in [1.29, 1.82) is 0 Å². The van der Waals surface area contributed by atoms with E-state index < -0.39 is 64.3 Å². The summed E-state index contributed by atoms with van der Waals surface area (Å²) < 4.78 is 98.6. The highest BCUT2D eigenvalue weighted by Crippen LogP contribution is 2.18. The quantitative estimate of drug-likeness (QED) is 0.465. The van der Waals surface area contributed by atoms with E-state index in [1.165, 1.54) is 0 Å². The molecule has 1 N–H and O–H groups in total. The van der Waals surface area contributed by atoms with E-state index in [9.17, 15) is 35.1 Å². The van der Waals surface area contributed by atoms with E-state index in [-0.39, 0.29) is 0 Å². The minimum absolute atomic E-state index is 0.313. The van der Waals surface area contributed by atoms with Gasteiger partial charge >= 0.3 is 0 Å². The molecule has 23 heavy (non-hydrogen) atoms. The highest BCUT2D eigenvalue weighted by molar-refractivity contribution is 5.21. The van der Waals surface area contributed by atoms with Gasteiger partial charge in [-0.1, -0.05) is 0 Å². The van der Waals surface area contributed by atoms with Crippen LogP contribution in [0.15, 0.2) is 12.1 Å². The van der Waals surface area contributed by atoms with Crippen LogP contribution in [-0.4, -0.2) is 5.11 Å². The van der Waals surface area contributed by atoms with Gasteiger partial charge in [0.2, 0.25) is 0 Å². The first kappa shape index (κ1) is 18.9. The molecule has 0 unspecified atom stereocenters. The van der Waals surface area contributed by atoms with E-state index >= 15 is 0 Å². The normalized spacial score (nSPS) is 10.3. The number of aliphatic hydroxyl groups is 1. The van der Waals surface area contributed by atoms with Crippen molar-refractivity contribution in [3.8, 4) is 0 Å². The van der Waals surface area contributed by atoms with Crippen LogP contribution in [-0.2, 0) is 6.61 Å². The standard InChI is InChI=1S/C7H4F4O.C7H4F4/c8-4-1-3(2-12)5(9)7(11)6(4)10;1-3-4(8)2-5(9)7(11)6(3)10/h1,12H,2H2;2H,1H3. The van der Waals surface area contributed by atoms with Gasteiger partial charge in [0, 0.05) is 17.2 Å². The molecule has 0 fully saturated rings. The first-order valence-electron chi connectivity index (χ1n) is 5.84. The van der Waals surface area contributed by atoms with Crippen LogP contribution >= 0.6 is 0 Å². The van der Waals surface area contributed by atoms with Crippen LogP contribution in [0.1, 0.15) is 11.1 Å². The van der Waals surface area contributed by atoms with Crippen LogP contribution in [0.3, 0.4) is 0 Å². The topological polar surface area (TPSA) is 20.2 Å². The largest absolute Gasteiger partial charge is 0.392 e. The molecule has 0 heterocycles. The maximum atomic E-state index is 12.5. The molecule has 126 valence electrons. The molecule has 0 spiro atoms. The summed E-state index contributed by atoms with van der Waals surface area (Å²) in [6, 6.07) is 0.724. The van der Waals surface area contributed by atoms with Crippen LogP contribution in [0.2, 0.25) is 0 Å². The molecule has 0 aromatic heterocycles. The van der Waals surface area contributed by atoms with Crippen molar-refractivity contribution in [2.24, 2.45) is 0 Å². The summed E-state index contributed by atoms with van der Waals surface area (Å²) in [7, 11) is 0. The van der Waals surface area contributed by atoms with Gasteiger partial charge in [-0.15, -0.1) is 0 Å². The lowest BCUT2D eigenvalue weighted by Gasteiger charge is -2.01. The molecule has 0 aliphatic rings. The van der Waals surface area contributed by atoms with E-state index in [0.29, 0.717) is 12.1 Å². The van der Waals surface area contributed by atoms with Gasteiger partial charge in [0.1, 0.15) is 5.82 Å². The van der Waals surface area contributed by atoms with Gasteiger partial charge in [0.25, 0.3) is 0 Å². The van der Waals surface area contributed by atoms with Gasteiger partial charge in [0.15, 0.2) is 40.7 Å². The summed E-state index contributed by atoms with van der Waals surface area (Å²) in [5.41, 5.74) is -1.12. The Morgan fingerprint density at radius 2 is 1.13 bits per heavy atom. The molecule has 2 rings (SSSR count). The summed E-state index contributed by atoms with van der Waals surface area (Å²) in [4.78, 5) is 0. The molecule has 0 saturated carbocycles. The summed E-state index contributed by atoms with van der Waals surface area (Å²) in [6.07, 6.45) is 0. The highest BCUT2D eigenvalue weighted by atomic mass is 19.2. The number of hydrogen-bond donors (Lipinski definition) is 1. The smallest absolute Gasteiger partial charge is 0.197 e. The van der Waals surface area contributed by atoms with Gasteiger partial charge in [-0.05, 0) is 13.0 Å². The number of rotatable bonds is 1. The monoisotopic (exact) mass is 344 g/mol. The second-order valence-electron chi connectivity index (χ2n) is 4.21. The molecule has 0 amide bonds. The summed E-state index contributed by atoms with van der Waals surface area (Å²) in [5, 5.41) is 8.36. The average molecular weight is 344 g/mol. The van der Waals surface area contributed by atoms with Gasteiger partial charge in [0.05, 0.1) is 6.61 Å². The SMILES string of the molecule is Cc1c(F)cc(F)c(F)c1F.OCc1cc(F)c(F)c(F)c1F. The third-order valence-corrected chi connectivity index (χ3v) is 2.69. The average Bonchev–Trinajstić information content (AvgIpc) is 2.53. The lowest BCUT2D eigenvalue weighted by atomic mass is 10.2. The highest BCUT2D eigenvalue weighted by Gasteiger charge is 2.17. The molecular weight excluding hydrogens is 336 g/mol. The molecule has 0 saturated heterocycles. The zero-order valence-electron chi connectivity index (χ0n) is 11.3. The predicted octanol–water partition coefficient (Wildman–Crippen LogP) is 4.29. The Bertz CT molecular complexity index is 703. The second kappa shape index (κ2) is 7.40. The van der Waals surface area contributed by atoms with Crippen molar-refractivity contribution in [3.05, 3.63) is 69.8 Å². The minimum Gasteiger partial charge on any atom is -0.392 e. The fourth-order valence-electron chi connectivity index (χ4n) is 1.39. The summed E-state index contributed by atoms with van der Waals surface area (Å²) in [6.45, 7) is 0.160. The summed E-state index contributed by atoms with van der Waals surface area (Å²) in [5.74, 6) is -12.5. The molecule has 0 radical (unpaired) electrons. The van der Waals surface area contributed by atoms with Crippen LogP contribution in [0.5, 0.6) is 0 Å². The van der Waals surface area contributed by atoms with Gasteiger partial charge < -0.3 is 5.11 Å². The molecule has 1 nitrogen and oxygen atoms in total. The maximum Gasteiger partial charge on any atom is 0.197 e. The number of hydrogen-bond acceptors (Lipinski definition) is 1. The molecule has 2 aromatic rings. The second-order valence-corrected chi connectivity index (χ2v) is 4.21. The van der Waals surface area contributed by atoms with E-state index in [2.05, 4.69) is 0 Å². The first-order valence-corrected chi connectivity index (χ1v) is 5.84. The Hall–Kier alpha value is -2.16. The lowest BCUT2D eigenvalue weighted by Crippen LogP contribution is -2.00. The lowest BCUT2D eigenvalue weighted by molar-refractivity contribution is 0.270. The van der Waals surface area contributed by atoms with Gasteiger partial charge in [-0.3, -0.25) is 0 Å². The van der Waals surface area contributed by atoms with Crippen LogP contribution in [0.25, 0.3) is 0 Å². The molecule has 2 aromatic carbocycles. The van der Waals surface area contributed by atoms with Crippen LogP contribution < -0.4 is 0 Å². The van der Waals surface area contributed by atoms with E-state index in [0.717, 1.165) is 6.92 Å². The van der Waals surface area contributed by atoms with Crippen molar-refractivity contribution in [2.45, 2.75) is 13.5 Å². The molecule has 0 bridgehead atoms. The Kier molecular flexibility index (Phi) is 6.08. The Balaban J connectivity index is 0.000000231. The maximum absolute atomic E-state index is 12.5. The Labute approximate surface area is 124 Å². The van der Waals surface area contributed by atoms with Crippen LogP contribution in [0, 0.1) is 53.5 Å². The van der Waals surface area contributed by atoms with Crippen molar-refractivity contribution in [3.63, 3.8) is 0 Å². The number of aliphatic hydroxyl groups excluding tert-OH is 1. The Morgan fingerprint density at radius 1 is 0.652 bits per heavy atom. The molecule has 0 atom stereocenters. The third-order valence-electron chi connectivity index (χ3n) is 2.69. The summed E-state index contributed by atoms with van der Waals surface area (Å²) >= 11 is 0. The van der Waals surface area contributed by atoms with Gasteiger partial charge in [-0.2, -0.15) is 0 Å². The fraction of sp³-hybridized carbons (Fsp3) is 0.143. The zero-order chi connectivity index (χ0) is 17.9. The molecular formula is C14H8F8O. The Morgan fingerprint density at radius 3 is 1.65 bits per heavy atom.